The molecular weight excluding hydrogens is 306 g/mol. The SMILES string of the molecule is CN=C(NCC1(C)COC1)N1CCC(CSc2ccccc2)C1. The molecule has 1 aromatic carbocycles. The molecular formula is C18H27N3OS. The fraction of sp³-hybridized carbons (Fsp3) is 0.611. The van der Waals surface area contributed by atoms with E-state index in [4.69, 9.17) is 4.74 Å². The van der Waals surface area contributed by atoms with Crippen molar-refractivity contribution in [3.63, 3.8) is 0 Å². The Morgan fingerprint density at radius 1 is 1.39 bits per heavy atom. The second-order valence-electron chi connectivity index (χ2n) is 6.93. The van der Waals surface area contributed by atoms with Crippen LogP contribution in [0.25, 0.3) is 0 Å². The highest BCUT2D eigenvalue weighted by Crippen LogP contribution is 2.27. The standard InChI is InChI=1S/C18H27N3OS/c1-18(13-22-14-18)12-20-17(19-2)21-9-8-15(10-21)11-23-16-6-4-3-5-7-16/h3-7,15H,8-14H2,1-2H3,(H,19,20). The van der Waals surface area contributed by atoms with Crippen LogP contribution in [0.4, 0.5) is 0 Å². The molecule has 5 heteroatoms. The molecule has 0 bridgehead atoms. The minimum absolute atomic E-state index is 0.276. The smallest absolute Gasteiger partial charge is 0.193 e. The van der Waals surface area contributed by atoms with Crippen molar-refractivity contribution in [2.75, 3.05) is 45.6 Å². The zero-order valence-corrected chi connectivity index (χ0v) is 14.9. The van der Waals surface area contributed by atoms with E-state index < -0.39 is 0 Å². The van der Waals surface area contributed by atoms with Gasteiger partial charge in [-0.2, -0.15) is 0 Å². The van der Waals surface area contributed by atoms with E-state index >= 15 is 0 Å². The largest absolute Gasteiger partial charge is 0.380 e. The molecule has 2 aliphatic heterocycles. The molecule has 0 spiro atoms. The van der Waals surface area contributed by atoms with Gasteiger partial charge in [0.05, 0.1) is 13.2 Å². The number of likely N-dealkylation sites (tertiary alicyclic amines) is 1. The number of thioether (sulfide) groups is 1. The number of rotatable bonds is 5. The summed E-state index contributed by atoms with van der Waals surface area (Å²) in [5.74, 6) is 2.97. The highest BCUT2D eigenvalue weighted by Gasteiger charge is 2.34. The van der Waals surface area contributed by atoms with E-state index in [-0.39, 0.29) is 5.41 Å². The van der Waals surface area contributed by atoms with Crippen LogP contribution in [0.3, 0.4) is 0 Å². The number of guanidine groups is 1. The molecule has 2 heterocycles. The first-order chi connectivity index (χ1) is 11.2. The number of nitrogens with zero attached hydrogens (tertiary/aromatic N) is 2. The first kappa shape index (κ1) is 16.7. The average molecular weight is 334 g/mol. The second kappa shape index (κ2) is 7.58. The first-order valence-corrected chi connectivity index (χ1v) is 9.38. The summed E-state index contributed by atoms with van der Waals surface area (Å²) in [6.07, 6.45) is 1.25. The summed E-state index contributed by atoms with van der Waals surface area (Å²) in [7, 11) is 1.88. The Morgan fingerprint density at radius 2 is 2.17 bits per heavy atom. The molecule has 0 radical (unpaired) electrons. The van der Waals surface area contributed by atoms with Gasteiger partial charge < -0.3 is 15.0 Å². The zero-order chi connectivity index (χ0) is 16.1. The lowest BCUT2D eigenvalue weighted by Gasteiger charge is -2.39. The van der Waals surface area contributed by atoms with Gasteiger partial charge in [-0.3, -0.25) is 4.99 Å². The maximum atomic E-state index is 5.32. The zero-order valence-electron chi connectivity index (χ0n) is 14.1. The Bertz CT molecular complexity index is 530. The van der Waals surface area contributed by atoms with Gasteiger partial charge in [-0.1, -0.05) is 25.1 Å². The molecule has 2 aliphatic rings. The maximum absolute atomic E-state index is 5.32. The van der Waals surface area contributed by atoms with Gasteiger partial charge in [-0.05, 0) is 24.5 Å². The van der Waals surface area contributed by atoms with Crippen LogP contribution in [0, 0.1) is 11.3 Å². The molecule has 1 N–H and O–H groups in total. The quantitative estimate of drug-likeness (QED) is 0.511. The summed E-state index contributed by atoms with van der Waals surface area (Å²) < 4.78 is 5.32. The van der Waals surface area contributed by atoms with Gasteiger partial charge in [-0.15, -0.1) is 11.8 Å². The van der Waals surface area contributed by atoms with Crippen LogP contribution in [0.1, 0.15) is 13.3 Å². The van der Waals surface area contributed by atoms with Crippen LogP contribution in [0.15, 0.2) is 40.2 Å². The van der Waals surface area contributed by atoms with Crippen molar-refractivity contribution >= 4 is 17.7 Å². The Morgan fingerprint density at radius 3 is 2.83 bits per heavy atom. The molecule has 2 fully saturated rings. The lowest BCUT2D eigenvalue weighted by molar-refractivity contribution is -0.0972. The van der Waals surface area contributed by atoms with Crippen molar-refractivity contribution < 1.29 is 4.74 Å². The molecule has 4 nitrogen and oxygen atoms in total. The highest BCUT2D eigenvalue weighted by molar-refractivity contribution is 7.99. The average Bonchev–Trinajstić information content (AvgIpc) is 3.02. The van der Waals surface area contributed by atoms with Crippen LogP contribution in [-0.2, 0) is 4.74 Å². The predicted molar refractivity (Wildman–Crippen MR) is 97.1 cm³/mol. The van der Waals surface area contributed by atoms with Gasteiger partial charge >= 0.3 is 0 Å². The topological polar surface area (TPSA) is 36.9 Å². The normalized spacial score (nSPS) is 23.7. The predicted octanol–water partition coefficient (Wildman–Crippen LogP) is 2.71. The number of ether oxygens (including phenoxy) is 1. The van der Waals surface area contributed by atoms with Crippen molar-refractivity contribution in [3.05, 3.63) is 30.3 Å². The van der Waals surface area contributed by atoms with Crippen molar-refractivity contribution in [3.8, 4) is 0 Å². The Kier molecular flexibility index (Phi) is 5.49. The van der Waals surface area contributed by atoms with Crippen molar-refractivity contribution in [2.24, 2.45) is 16.3 Å². The molecule has 23 heavy (non-hydrogen) atoms. The number of aliphatic imine (C=N–C) groups is 1. The molecule has 2 saturated heterocycles. The van der Waals surface area contributed by atoms with Crippen LogP contribution >= 0.6 is 11.8 Å². The van der Waals surface area contributed by atoms with E-state index in [9.17, 15) is 0 Å². The van der Waals surface area contributed by atoms with Gasteiger partial charge in [0.1, 0.15) is 0 Å². The summed E-state index contributed by atoms with van der Waals surface area (Å²) in [6.45, 7) is 7.12. The minimum atomic E-state index is 0.276. The lowest BCUT2D eigenvalue weighted by Crippen LogP contribution is -2.51. The number of hydrogen-bond donors (Lipinski definition) is 1. The maximum Gasteiger partial charge on any atom is 0.193 e. The van der Waals surface area contributed by atoms with Crippen molar-refractivity contribution in [1.29, 1.82) is 0 Å². The van der Waals surface area contributed by atoms with Gasteiger partial charge in [0.25, 0.3) is 0 Å². The molecule has 1 aromatic rings. The summed E-state index contributed by atoms with van der Waals surface area (Å²) >= 11 is 1.97. The molecule has 126 valence electrons. The van der Waals surface area contributed by atoms with E-state index in [1.807, 2.05) is 18.8 Å². The van der Waals surface area contributed by atoms with Crippen molar-refractivity contribution in [1.82, 2.24) is 10.2 Å². The molecule has 0 amide bonds. The van der Waals surface area contributed by atoms with Crippen LogP contribution in [-0.4, -0.2) is 56.5 Å². The third kappa shape index (κ3) is 4.42. The summed E-state index contributed by atoms with van der Waals surface area (Å²) in [5, 5.41) is 3.54. The Labute approximate surface area is 143 Å². The van der Waals surface area contributed by atoms with E-state index in [1.165, 1.54) is 17.1 Å². The van der Waals surface area contributed by atoms with Crippen molar-refractivity contribution in [2.45, 2.75) is 18.2 Å². The van der Waals surface area contributed by atoms with E-state index in [1.54, 1.807) is 0 Å². The van der Waals surface area contributed by atoms with Gasteiger partial charge in [-0.25, -0.2) is 0 Å². The van der Waals surface area contributed by atoms with Gasteiger partial charge in [0.2, 0.25) is 0 Å². The Balaban J connectivity index is 1.44. The molecule has 0 aromatic heterocycles. The number of hydrogen-bond acceptors (Lipinski definition) is 3. The second-order valence-corrected chi connectivity index (χ2v) is 8.02. The van der Waals surface area contributed by atoms with E-state index in [2.05, 4.69) is 52.5 Å². The molecule has 0 saturated carbocycles. The fourth-order valence-electron chi connectivity index (χ4n) is 3.07. The molecule has 1 unspecified atom stereocenters. The summed E-state index contributed by atoms with van der Waals surface area (Å²) in [4.78, 5) is 8.24. The molecule has 1 atom stereocenters. The first-order valence-electron chi connectivity index (χ1n) is 8.40. The van der Waals surface area contributed by atoms with Gasteiger partial charge in [0, 0.05) is 42.7 Å². The Hall–Kier alpha value is -1.20. The van der Waals surface area contributed by atoms with Crippen LogP contribution in [0.5, 0.6) is 0 Å². The molecule has 3 rings (SSSR count). The number of benzene rings is 1. The minimum Gasteiger partial charge on any atom is -0.380 e. The molecule has 0 aliphatic carbocycles. The third-order valence-corrected chi connectivity index (χ3v) is 5.84. The lowest BCUT2D eigenvalue weighted by atomic mass is 9.89. The van der Waals surface area contributed by atoms with Crippen LogP contribution in [0.2, 0.25) is 0 Å². The van der Waals surface area contributed by atoms with E-state index in [0.29, 0.717) is 0 Å². The monoisotopic (exact) mass is 333 g/mol. The fourth-order valence-corrected chi connectivity index (χ4v) is 4.12. The highest BCUT2D eigenvalue weighted by atomic mass is 32.2. The summed E-state index contributed by atoms with van der Waals surface area (Å²) in [6, 6.07) is 10.7. The number of nitrogens with one attached hydrogen (secondary N) is 1. The van der Waals surface area contributed by atoms with Gasteiger partial charge in [0.15, 0.2) is 5.96 Å². The summed E-state index contributed by atoms with van der Waals surface area (Å²) in [5.41, 5.74) is 0.276. The third-order valence-electron chi connectivity index (χ3n) is 4.60. The van der Waals surface area contributed by atoms with E-state index in [0.717, 1.165) is 44.7 Å². The van der Waals surface area contributed by atoms with Crippen LogP contribution < -0.4 is 5.32 Å².